The Morgan fingerprint density at radius 3 is 2.32 bits per heavy atom. The molecule has 1 aliphatic heterocycles. The first-order valence-corrected chi connectivity index (χ1v) is 10.1. The summed E-state index contributed by atoms with van der Waals surface area (Å²) < 4.78 is 2.21. The standard InChI is InChI=1S/C23H30N2O3/c1-15(2)25-16(3)13-21(17(25)4)22(26)24-11-9-18(10-12-24)14-19-7-5-6-8-20(19)23(27)28/h5-8,13,15,18H,9-12,14H2,1-4H3,(H,27,28). The van der Waals surface area contributed by atoms with Gasteiger partial charge in [-0.2, -0.15) is 0 Å². The van der Waals surface area contributed by atoms with E-state index in [1.807, 2.05) is 30.0 Å². The van der Waals surface area contributed by atoms with Crippen LogP contribution in [0.25, 0.3) is 0 Å². The number of benzene rings is 1. The molecule has 0 aliphatic carbocycles. The smallest absolute Gasteiger partial charge is 0.335 e. The Bertz CT molecular complexity index is 874. The Morgan fingerprint density at radius 1 is 1.11 bits per heavy atom. The number of hydrogen-bond donors (Lipinski definition) is 1. The summed E-state index contributed by atoms with van der Waals surface area (Å²) in [6, 6.07) is 9.57. The van der Waals surface area contributed by atoms with Crippen LogP contribution < -0.4 is 0 Å². The third-order valence-electron chi connectivity index (χ3n) is 5.89. The average molecular weight is 383 g/mol. The van der Waals surface area contributed by atoms with Crippen LogP contribution >= 0.6 is 0 Å². The van der Waals surface area contributed by atoms with Crippen LogP contribution in [-0.4, -0.2) is 39.5 Å². The molecule has 0 unspecified atom stereocenters. The number of likely N-dealkylation sites (tertiary alicyclic amines) is 1. The molecule has 0 bridgehead atoms. The summed E-state index contributed by atoms with van der Waals surface area (Å²) in [5, 5.41) is 9.37. The molecule has 3 rings (SSSR count). The quantitative estimate of drug-likeness (QED) is 0.829. The van der Waals surface area contributed by atoms with Crippen molar-refractivity contribution in [1.29, 1.82) is 0 Å². The van der Waals surface area contributed by atoms with Crippen LogP contribution in [0.1, 0.15) is 70.4 Å². The fourth-order valence-electron chi connectivity index (χ4n) is 4.52. The first-order valence-electron chi connectivity index (χ1n) is 10.1. The summed E-state index contributed by atoms with van der Waals surface area (Å²) in [4.78, 5) is 26.4. The molecule has 1 N–H and O–H groups in total. The van der Waals surface area contributed by atoms with Gasteiger partial charge >= 0.3 is 5.97 Å². The predicted octanol–water partition coefficient (Wildman–Crippen LogP) is 4.48. The Morgan fingerprint density at radius 2 is 1.75 bits per heavy atom. The van der Waals surface area contributed by atoms with Gasteiger partial charge in [-0.25, -0.2) is 4.79 Å². The molecule has 0 atom stereocenters. The van der Waals surface area contributed by atoms with Gasteiger partial charge in [0.2, 0.25) is 0 Å². The summed E-state index contributed by atoms with van der Waals surface area (Å²) in [5.41, 5.74) is 4.24. The lowest BCUT2D eigenvalue weighted by molar-refractivity contribution is 0.0689. The van der Waals surface area contributed by atoms with E-state index >= 15 is 0 Å². The first-order chi connectivity index (χ1) is 13.3. The molecule has 2 heterocycles. The molecule has 1 aromatic heterocycles. The van der Waals surface area contributed by atoms with Crippen molar-refractivity contribution in [2.24, 2.45) is 5.92 Å². The van der Waals surface area contributed by atoms with E-state index in [9.17, 15) is 14.7 Å². The topological polar surface area (TPSA) is 62.5 Å². The molecule has 2 aromatic rings. The second kappa shape index (κ2) is 8.21. The summed E-state index contributed by atoms with van der Waals surface area (Å²) in [7, 11) is 0. The summed E-state index contributed by atoms with van der Waals surface area (Å²) in [5.74, 6) is -0.347. The highest BCUT2D eigenvalue weighted by Gasteiger charge is 2.27. The Kier molecular flexibility index (Phi) is 5.92. The largest absolute Gasteiger partial charge is 0.478 e. The Balaban J connectivity index is 1.65. The van der Waals surface area contributed by atoms with Crippen molar-refractivity contribution in [2.75, 3.05) is 13.1 Å². The minimum absolute atomic E-state index is 0.115. The number of aryl methyl sites for hydroxylation is 1. The van der Waals surface area contributed by atoms with Crippen LogP contribution in [0.2, 0.25) is 0 Å². The molecule has 1 fully saturated rings. The van der Waals surface area contributed by atoms with Crippen LogP contribution in [0.4, 0.5) is 0 Å². The molecule has 5 nitrogen and oxygen atoms in total. The number of aromatic nitrogens is 1. The van der Waals surface area contributed by atoms with Crippen molar-refractivity contribution < 1.29 is 14.7 Å². The molecular formula is C23H30N2O3. The van der Waals surface area contributed by atoms with Gasteiger partial charge in [0.05, 0.1) is 11.1 Å². The maximum absolute atomic E-state index is 13.1. The molecule has 0 radical (unpaired) electrons. The maximum Gasteiger partial charge on any atom is 0.335 e. The number of piperidine rings is 1. The summed E-state index contributed by atoms with van der Waals surface area (Å²) in [6.45, 7) is 9.79. The van der Waals surface area contributed by atoms with Gasteiger partial charge in [0.1, 0.15) is 0 Å². The Labute approximate surface area is 167 Å². The van der Waals surface area contributed by atoms with Crippen LogP contribution in [0.5, 0.6) is 0 Å². The lowest BCUT2D eigenvalue weighted by Crippen LogP contribution is -2.39. The monoisotopic (exact) mass is 382 g/mol. The van der Waals surface area contributed by atoms with Crippen molar-refractivity contribution >= 4 is 11.9 Å². The van der Waals surface area contributed by atoms with Crippen LogP contribution in [0.15, 0.2) is 30.3 Å². The van der Waals surface area contributed by atoms with Gasteiger partial charge in [-0.3, -0.25) is 4.79 Å². The number of hydrogen-bond acceptors (Lipinski definition) is 2. The van der Waals surface area contributed by atoms with E-state index in [0.29, 0.717) is 17.5 Å². The number of carboxylic acids is 1. The zero-order valence-electron chi connectivity index (χ0n) is 17.2. The van der Waals surface area contributed by atoms with Gasteiger partial charge in [-0.05, 0) is 70.6 Å². The third kappa shape index (κ3) is 3.98. The van der Waals surface area contributed by atoms with Crippen molar-refractivity contribution in [3.05, 3.63) is 58.4 Å². The van der Waals surface area contributed by atoms with E-state index in [0.717, 1.165) is 54.9 Å². The lowest BCUT2D eigenvalue weighted by atomic mass is 9.88. The molecule has 1 aromatic carbocycles. The van der Waals surface area contributed by atoms with Crippen LogP contribution in [-0.2, 0) is 6.42 Å². The first kappa shape index (κ1) is 20.2. The summed E-state index contributed by atoms with van der Waals surface area (Å²) >= 11 is 0. The van der Waals surface area contributed by atoms with Gasteiger partial charge in [-0.15, -0.1) is 0 Å². The number of carboxylic acid groups (broad SMARTS) is 1. The van der Waals surface area contributed by atoms with Crippen LogP contribution in [0.3, 0.4) is 0 Å². The molecule has 28 heavy (non-hydrogen) atoms. The molecule has 1 aliphatic rings. The number of carbonyl (C=O) groups excluding carboxylic acids is 1. The fourth-order valence-corrected chi connectivity index (χ4v) is 4.52. The van der Waals surface area contributed by atoms with Gasteiger partial charge in [0.15, 0.2) is 0 Å². The van der Waals surface area contributed by atoms with Crippen molar-refractivity contribution in [3.63, 3.8) is 0 Å². The maximum atomic E-state index is 13.1. The number of aromatic carboxylic acids is 1. The molecule has 5 heteroatoms. The number of carbonyl (C=O) groups is 2. The molecule has 1 amide bonds. The average Bonchev–Trinajstić information content (AvgIpc) is 2.96. The van der Waals surface area contributed by atoms with E-state index in [2.05, 4.69) is 25.3 Å². The molecule has 0 spiro atoms. The van der Waals surface area contributed by atoms with Gasteiger partial charge in [0, 0.05) is 30.5 Å². The highest BCUT2D eigenvalue weighted by molar-refractivity contribution is 5.95. The summed E-state index contributed by atoms with van der Waals surface area (Å²) in [6.07, 6.45) is 2.57. The van der Waals surface area contributed by atoms with E-state index in [1.54, 1.807) is 12.1 Å². The van der Waals surface area contributed by atoms with Gasteiger partial charge < -0.3 is 14.6 Å². The SMILES string of the molecule is Cc1cc(C(=O)N2CCC(Cc3ccccc3C(=O)O)CC2)c(C)n1C(C)C. The van der Waals surface area contributed by atoms with E-state index in [4.69, 9.17) is 0 Å². The highest BCUT2D eigenvalue weighted by atomic mass is 16.4. The van der Waals surface area contributed by atoms with Crippen molar-refractivity contribution in [1.82, 2.24) is 9.47 Å². The third-order valence-corrected chi connectivity index (χ3v) is 5.89. The van der Waals surface area contributed by atoms with E-state index in [-0.39, 0.29) is 5.91 Å². The number of rotatable bonds is 5. The van der Waals surface area contributed by atoms with E-state index < -0.39 is 5.97 Å². The number of nitrogens with zero attached hydrogens (tertiary/aromatic N) is 2. The minimum atomic E-state index is -0.872. The van der Waals surface area contributed by atoms with Crippen molar-refractivity contribution in [2.45, 2.75) is 53.0 Å². The minimum Gasteiger partial charge on any atom is -0.478 e. The second-order valence-electron chi connectivity index (χ2n) is 8.15. The normalized spacial score (nSPS) is 15.2. The van der Waals surface area contributed by atoms with Crippen LogP contribution in [0, 0.1) is 19.8 Å². The molecule has 0 saturated carbocycles. The highest BCUT2D eigenvalue weighted by Crippen LogP contribution is 2.26. The van der Waals surface area contributed by atoms with Gasteiger partial charge in [0.25, 0.3) is 5.91 Å². The molecular weight excluding hydrogens is 352 g/mol. The lowest BCUT2D eigenvalue weighted by Gasteiger charge is -2.32. The molecule has 150 valence electrons. The van der Waals surface area contributed by atoms with Gasteiger partial charge in [-0.1, -0.05) is 18.2 Å². The van der Waals surface area contributed by atoms with Crippen molar-refractivity contribution in [3.8, 4) is 0 Å². The molecule has 1 saturated heterocycles. The zero-order chi connectivity index (χ0) is 20.4. The second-order valence-corrected chi connectivity index (χ2v) is 8.15. The predicted molar refractivity (Wildman–Crippen MR) is 110 cm³/mol. The zero-order valence-corrected chi connectivity index (χ0v) is 17.2. The fraction of sp³-hybridized carbons (Fsp3) is 0.478. The van der Waals surface area contributed by atoms with E-state index in [1.165, 1.54) is 0 Å². The Hall–Kier alpha value is -2.56. The number of amides is 1.